The predicted octanol–water partition coefficient (Wildman–Crippen LogP) is 2.57. The molecule has 1 aromatic carbocycles. The number of sulfonamides is 1. The van der Waals surface area contributed by atoms with Crippen molar-refractivity contribution in [3.63, 3.8) is 0 Å². The van der Waals surface area contributed by atoms with Gasteiger partial charge in [-0.1, -0.05) is 24.3 Å². The van der Waals surface area contributed by atoms with Gasteiger partial charge in [-0.2, -0.15) is 0 Å². The SMILES string of the molecule is CC(C)S(=O)(=O)NCCCCN1CCc2ccccc2C1.Cl. The monoisotopic (exact) mass is 346 g/mol. The highest BCUT2D eigenvalue weighted by Crippen LogP contribution is 2.18. The quantitative estimate of drug-likeness (QED) is 0.772. The smallest absolute Gasteiger partial charge is 0.213 e. The topological polar surface area (TPSA) is 49.4 Å². The normalized spacial score (nSPS) is 15.4. The van der Waals surface area contributed by atoms with E-state index in [-0.39, 0.29) is 17.7 Å². The second-order valence-corrected chi connectivity index (χ2v) is 8.31. The van der Waals surface area contributed by atoms with Crippen LogP contribution in [0.15, 0.2) is 24.3 Å². The summed E-state index contributed by atoms with van der Waals surface area (Å²) in [7, 11) is -3.11. The van der Waals surface area contributed by atoms with E-state index in [1.807, 2.05) is 0 Å². The average Bonchev–Trinajstić information content (AvgIpc) is 2.46. The lowest BCUT2D eigenvalue weighted by Gasteiger charge is -2.28. The molecule has 6 heteroatoms. The number of unbranched alkanes of at least 4 members (excludes halogenated alkanes) is 1. The standard InChI is InChI=1S/C16H26N2O2S.ClH/c1-14(2)21(19,20)17-10-5-6-11-18-12-9-15-7-3-4-8-16(15)13-18;/h3-4,7-8,14,17H,5-6,9-13H2,1-2H3;1H. The molecule has 1 heterocycles. The van der Waals surface area contributed by atoms with Gasteiger partial charge in [-0.15, -0.1) is 12.4 Å². The maximum Gasteiger partial charge on any atom is 0.213 e. The van der Waals surface area contributed by atoms with E-state index in [1.54, 1.807) is 13.8 Å². The van der Waals surface area contributed by atoms with Gasteiger partial charge in [-0.3, -0.25) is 4.90 Å². The van der Waals surface area contributed by atoms with Gasteiger partial charge in [0.2, 0.25) is 10.0 Å². The Morgan fingerprint density at radius 1 is 1.18 bits per heavy atom. The third-order valence-electron chi connectivity index (χ3n) is 4.03. The van der Waals surface area contributed by atoms with Gasteiger partial charge in [0.05, 0.1) is 5.25 Å². The molecule has 0 saturated heterocycles. The third-order valence-corrected chi connectivity index (χ3v) is 5.88. The second-order valence-electron chi connectivity index (χ2n) is 5.99. The van der Waals surface area contributed by atoms with E-state index in [0.29, 0.717) is 6.54 Å². The van der Waals surface area contributed by atoms with E-state index in [9.17, 15) is 8.42 Å². The summed E-state index contributed by atoms with van der Waals surface area (Å²) in [5, 5.41) is -0.351. The lowest BCUT2D eigenvalue weighted by molar-refractivity contribution is 0.249. The summed E-state index contributed by atoms with van der Waals surface area (Å²) in [5.74, 6) is 0. The number of rotatable bonds is 7. The van der Waals surface area contributed by atoms with Crippen LogP contribution in [0.5, 0.6) is 0 Å². The van der Waals surface area contributed by atoms with Crippen molar-refractivity contribution in [3.8, 4) is 0 Å². The Balaban J connectivity index is 0.00000242. The minimum atomic E-state index is -3.11. The van der Waals surface area contributed by atoms with Gasteiger partial charge in [0.25, 0.3) is 0 Å². The van der Waals surface area contributed by atoms with Crippen molar-refractivity contribution in [1.29, 1.82) is 0 Å². The Morgan fingerprint density at radius 2 is 1.86 bits per heavy atom. The molecule has 1 aromatic rings. The van der Waals surface area contributed by atoms with E-state index >= 15 is 0 Å². The van der Waals surface area contributed by atoms with Crippen molar-refractivity contribution in [2.45, 2.75) is 44.9 Å². The highest BCUT2D eigenvalue weighted by atomic mass is 35.5. The van der Waals surface area contributed by atoms with Gasteiger partial charge in [-0.05, 0) is 50.8 Å². The Labute approximate surface area is 140 Å². The van der Waals surface area contributed by atoms with E-state index < -0.39 is 10.0 Å². The van der Waals surface area contributed by atoms with E-state index in [1.165, 1.54) is 11.1 Å². The molecule has 0 aliphatic carbocycles. The van der Waals surface area contributed by atoms with Crippen LogP contribution in [0.2, 0.25) is 0 Å². The number of fused-ring (bicyclic) bond motifs is 1. The van der Waals surface area contributed by atoms with Crippen LogP contribution in [0.4, 0.5) is 0 Å². The molecule has 1 aliphatic rings. The van der Waals surface area contributed by atoms with Gasteiger partial charge in [0.15, 0.2) is 0 Å². The van der Waals surface area contributed by atoms with Crippen LogP contribution < -0.4 is 4.72 Å². The summed E-state index contributed by atoms with van der Waals surface area (Å²) in [5.41, 5.74) is 2.91. The molecular weight excluding hydrogens is 320 g/mol. The lowest BCUT2D eigenvalue weighted by Crippen LogP contribution is -2.33. The molecule has 0 amide bonds. The fourth-order valence-corrected chi connectivity index (χ4v) is 3.35. The Morgan fingerprint density at radius 3 is 2.55 bits per heavy atom. The average molecular weight is 347 g/mol. The van der Waals surface area contributed by atoms with Crippen molar-refractivity contribution >= 4 is 22.4 Å². The van der Waals surface area contributed by atoms with Crippen molar-refractivity contribution in [2.24, 2.45) is 0 Å². The lowest BCUT2D eigenvalue weighted by atomic mass is 10.00. The summed E-state index contributed by atoms with van der Waals surface area (Å²) in [4.78, 5) is 2.46. The highest BCUT2D eigenvalue weighted by molar-refractivity contribution is 7.90. The summed E-state index contributed by atoms with van der Waals surface area (Å²) in [6.07, 6.45) is 3.04. The molecule has 0 saturated carbocycles. The first-order chi connectivity index (χ1) is 9.99. The maximum absolute atomic E-state index is 11.6. The molecule has 0 atom stereocenters. The van der Waals surface area contributed by atoms with Crippen molar-refractivity contribution in [3.05, 3.63) is 35.4 Å². The van der Waals surface area contributed by atoms with Crippen LogP contribution >= 0.6 is 12.4 Å². The van der Waals surface area contributed by atoms with Crippen LogP contribution in [0.25, 0.3) is 0 Å². The molecule has 4 nitrogen and oxygen atoms in total. The predicted molar refractivity (Wildman–Crippen MR) is 94.0 cm³/mol. The Hall–Kier alpha value is -0.620. The van der Waals surface area contributed by atoms with Gasteiger partial charge in [0, 0.05) is 19.6 Å². The van der Waals surface area contributed by atoms with Gasteiger partial charge in [-0.25, -0.2) is 13.1 Å². The van der Waals surface area contributed by atoms with Crippen molar-refractivity contribution < 1.29 is 8.42 Å². The zero-order valence-corrected chi connectivity index (χ0v) is 15.0. The summed E-state index contributed by atoms with van der Waals surface area (Å²) >= 11 is 0. The molecule has 0 aromatic heterocycles. The number of halogens is 1. The Kier molecular flexibility index (Phi) is 7.83. The zero-order valence-electron chi connectivity index (χ0n) is 13.4. The molecule has 0 bridgehead atoms. The number of benzene rings is 1. The van der Waals surface area contributed by atoms with Gasteiger partial charge < -0.3 is 0 Å². The number of hydrogen-bond donors (Lipinski definition) is 1. The number of hydrogen-bond acceptors (Lipinski definition) is 3. The maximum atomic E-state index is 11.6. The minimum absolute atomic E-state index is 0. The van der Waals surface area contributed by atoms with Crippen LogP contribution in [0.3, 0.4) is 0 Å². The molecular formula is C16H27ClN2O2S. The molecule has 1 aliphatic heterocycles. The van der Waals surface area contributed by atoms with E-state index in [4.69, 9.17) is 0 Å². The van der Waals surface area contributed by atoms with Gasteiger partial charge >= 0.3 is 0 Å². The first-order valence-electron chi connectivity index (χ1n) is 7.76. The van der Waals surface area contributed by atoms with E-state index in [0.717, 1.165) is 38.9 Å². The first-order valence-corrected chi connectivity index (χ1v) is 9.31. The highest BCUT2D eigenvalue weighted by Gasteiger charge is 2.16. The van der Waals surface area contributed by atoms with Crippen LogP contribution in [0.1, 0.15) is 37.8 Å². The van der Waals surface area contributed by atoms with Gasteiger partial charge in [0.1, 0.15) is 0 Å². The fraction of sp³-hybridized carbons (Fsp3) is 0.625. The minimum Gasteiger partial charge on any atom is -0.299 e. The van der Waals surface area contributed by atoms with Crippen molar-refractivity contribution in [2.75, 3.05) is 19.6 Å². The Bertz CT molecular complexity index is 561. The molecule has 0 fully saturated rings. The molecule has 0 spiro atoms. The van der Waals surface area contributed by atoms with Crippen LogP contribution in [0, 0.1) is 0 Å². The molecule has 126 valence electrons. The zero-order chi connectivity index (χ0) is 15.3. The summed E-state index contributed by atoms with van der Waals surface area (Å²) < 4.78 is 25.9. The van der Waals surface area contributed by atoms with Crippen LogP contribution in [-0.4, -0.2) is 38.2 Å². The van der Waals surface area contributed by atoms with Crippen LogP contribution in [-0.2, 0) is 23.0 Å². The largest absolute Gasteiger partial charge is 0.299 e. The molecule has 1 N–H and O–H groups in total. The molecule has 22 heavy (non-hydrogen) atoms. The summed E-state index contributed by atoms with van der Waals surface area (Å²) in [6.45, 7) is 7.12. The molecule has 0 unspecified atom stereocenters. The number of nitrogens with one attached hydrogen (secondary N) is 1. The molecule has 0 radical (unpaired) electrons. The molecule has 2 rings (SSSR count). The van der Waals surface area contributed by atoms with Crippen molar-refractivity contribution in [1.82, 2.24) is 9.62 Å². The summed E-state index contributed by atoms with van der Waals surface area (Å²) in [6, 6.07) is 8.63. The fourth-order valence-electron chi connectivity index (χ4n) is 2.59. The third kappa shape index (κ3) is 5.54. The number of nitrogens with zero attached hydrogens (tertiary/aromatic N) is 1. The second kappa shape index (κ2) is 8.87. The first kappa shape index (κ1) is 19.4. The van der Waals surface area contributed by atoms with E-state index in [2.05, 4.69) is 33.9 Å².